The molecule has 0 aliphatic heterocycles. The predicted octanol–water partition coefficient (Wildman–Crippen LogP) is 2.79. The van der Waals surface area contributed by atoms with Crippen molar-refractivity contribution < 1.29 is 9.47 Å². The van der Waals surface area contributed by atoms with Crippen molar-refractivity contribution in [1.82, 2.24) is 20.2 Å². The van der Waals surface area contributed by atoms with Crippen molar-refractivity contribution in [3.8, 4) is 22.8 Å². The van der Waals surface area contributed by atoms with Gasteiger partial charge >= 0.3 is 0 Å². The maximum Gasteiger partial charge on any atom is 0.247 e. The van der Waals surface area contributed by atoms with E-state index in [1.165, 1.54) is 6.07 Å². The molecule has 0 spiro atoms. The smallest absolute Gasteiger partial charge is 0.247 e. The predicted molar refractivity (Wildman–Crippen MR) is 95.3 cm³/mol. The molecule has 0 radical (unpaired) electrons. The summed E-state index contributed by atoms with van der Waals surface area (Å²) in [5, 5.41) is 9.83. The van der Waals surface area contributed by atoms with Crippen LogP contribution in [0.3, 0.4) is 0 Å². The van der Waals surface area contributed by atoms with Crippen molar-refractivity contribution in [2.45, 2.75) is 6.92 Å². The molecule has 0 saturated heterocycles. The molecule has 0 unspecified atom stereocenters. The van der Waals surface area contributed by atoms with E-state index in [2.05, 4.69) is 15.2 Å². The van der Waals surface area contributed by atoms with Gasteiger partial charge in [0.25, 0.3) is 0 Å². The number of aromatic amines is 2. The first-order valence-electron chi connectivity index (χ1n) is 7.71. The number of H-pyrrole nitrogens is 2. The highest BCUT2D eigenvalue weighted by molar-refractivity contribution is 6.12. The minimum Gasteiger partial charge on any atom is -0.493 e. The Labute approximate surface area is 142 Å². The lowest BCUT2D eigenvalue weighted by Crippen LogP contribution is -2.02. The number of aromatic nitrogens is 4. The Morgan fingerprint density at radius 1 is 1.12 bits per heavy atom. The van der Waals surface area contributed by atoms with Gasteiger partial charge in [-0.15, -0.1) is 0 Å². The van der Waals surface area contributed by atoms with Crippen LogP contribution in [-0.2, 0) is 0 Å². The number of fused-ring (bicyclic) bond motifs is 3. The third-order valence-electron chi connectivity index (χ3n) is 4.33. The second-order valence-electron chi connectivity index (χ2n) is 5.69. The van der Waals surface area contributed by atoms with Gasteiger partial charge in [0.05, 0.1) is 26.1 Å². The van der Waals surface area contributed by atoms with Crippen LogP contribution in [0.15, 0.2) is 35.4 Å². The summed E-state index contributed by atoms with van der Waals surface area (Å²) in [6, 6.07) is 5.13. The molecule has 0 aliphatic rings. The van der Waals surface area contributed by atoms with E-state index in [0.29, 0.717) is 17.1 Å². The largest absolute Gasteiger partial charge is 0.493 e. The van der Waals surface area contributed by atoms with Gasteiger partial charge in [0.15, 0.2) is 17.1 Å². The van der Waals surface area contributed by atoms with Gasteiger partial charge in [0.2, 0.25) is 5.56 Å². The fourth-order valence-electron chi connectivity index (χ4n) is 3.21. The number of nitrogens with zero attached hydrogens (tertiary/aromatic N) is 2. The summed E-state index contributed by atoms with van der Waals surface area (Å²) in [4.78, 5) is 18.8. The quantitative estimate of drug-likeness (QED) is 0.600. The van der Waals surface area contributed by atoms with Gasteiger partial charge in [0.1, 0.15) is 0 Å². The number of hydrogen-bond donors (Lipinski definition) is 2. The average molecular weight is 336 g/mol. The third-order valence-corrected chi connectivity index (χ3v) is 4.33. The summed E-state index contributed by atoms with van der Waals surface area (Å²) in [7, 11) is 3.22. The molecule has 0 aliphatic carbocycles. The van der Waals surface area contributed by atoms with E-state index in [-0.39, 0.29) is 5.56 Å². The first-order valence-corrected chi connectivity index (χ1v) is 7.71. The van der Waals surface area contributed by atoms with Crippen LogP contribution in [0.5, 0.6) is 11.5 Å². The monoisotopic (exact) mass is 336 g/mol. The van der Waals surface area contributed by atoms with Gasteiger partial charge < -0.3 is 14.5 Å². The molecule has 25 heavy (non-hydrogen) atoms. The molecule has 3 aromatic heterocycles. The molecule has 3 heterocycles. The Morgan fingerprint density at radius 3 is 2.64 bits per heavy atom. The Balaban J connectivity index is 2.20. The van der Waals surface area contributed by atoms with E-state index in [9.17, 15) is 4.79 Å². The lowest BCUT2D eigenvalue weighted by Gasteiger charge is -2.16. The van der Waals surface area contributed by atoms with Crippen LogP contribution < -0.4 is 15.0 Å². The molecule has 7 heteroatoms. The number of benzene rings is 1. The van der Waals surface area contributed by atoms with Crippen LogP contribution in [0.4, 0.5) is 0 Å². The highest BCUT2D eigenvalue weighted by Crippen LogP contribution is 2.42. The number of pyridine rings is 2. The molecule has 4 rings (SSSR count). The van der Waals surface area contributed by atoms with E-state index in [4.69, 9.17) is 14.5 Å². The topological polar surface area (TPSA) is 92.9 Å². The molecule has 1 aromatic carbocycles. The molecule has 0 saturated carbocycles. The molecule has 7 nitrogen and oxygen atoms in total. The van der Waals surface area contributed by atoms with Crippen molar-refractivity contribution in [2.24, 2.45) is 0 Å². The van der Waals surface area contributed by atoms with Crippen molar-refractivity contribution in [2.75, 3.05) is 14.2 Å². The molecular weight excluding hydrogens is 320 g/mol. The van der Waals surface area contributed by atoms with Gasteiger partial charge in [0, 0.05) is 39.5 Å². The molecule has 2 N–H and O–H groups in total. The average Bonchev–Trinajstić information content (AvgIpc) is 3.09. The maximum absolute atomic E-state index is 11.4. The first-order chi connectivity index (χ1) is 12.1. The van der Waals surface area contributed by atoms with Crippen LogP contribution >= 0.6 is 0 Å². The summed E-state index contributed by atoms with van der Waals surface area (Å²) in [6.07, 6.45) is 3.40. The summed E-state index contributed by atoms with van der Waals surface area (Å²) >= 11 is 0. The third kappa shape index (κ3) is 2.24. The van der Waals surface area contributed by atoms with Gasteiger partial charge in [-0.2, -0.15) is 5.10 Å². The zero-order chi connectivity index (χ0) is 17.6. The van der Waals surface area contributed by atoms with Gasteiger partial charge in [-0.25, -0.2) is 4.98 Å². The summed E-state index contributed by atoms with van der Waals surface area (Å²) < 4.78 is 11.0. The van der Waals surface area contributed by atoms with E-state index >= 15 is 0 Å². The van der Waals surface area contributed by atoms with Crippen molar-refractivity contribution in [3.63, 3.8) is 0 Å². The van der Waals surface area contributed by atoms with Crippen LogP contribution in [0.2, 0.25) is 0 Å². The Morgan fingerprint density at radius 2 is 1.96 bits per heavy atom. The first kappa shape index (κ1) is 15.2. The van der Waals surface area contributed by atoms with Crippen LogP contribution in [-0.4, -0.2) is 34.4 Å². The van der Waals surface area contributed by atoms with E-state index < -0.39 is 0 Å². The summed E-state index contributed by atoms with van der Waals surface area (Å²) in [5.74, 6) is 1.30. The molecule has 4 aromatic rings. The summed E-state index contributed by atoms with van der Waals surface area (Å²) in [6.45, 7) is 1.98. The van der Waals surface area contributed by atoms with Gasteiger partial charge in [-0.1, -0.05) is 0 Å². The zero-order valence-corrected chi connectivity index (χ0v) is 14.0. The fourth-order valence-corrected chi connectivity index (χ4v) is 3.21. The van der Waals surface area contributed by atoms with Gasteiger partial charge in [-0.3, -0.25) is 9.89 Å². The lowest BCUT2D eigenvalue weighted by molar-refractivity contribution is 0.354. The second kappa shape index (κ2) is 5.62. The fraction of sp³-hybridized carbons (Fsp3) is 0.167. The van der Waals surface area contributed by atoms with E-state index in [1.807, 2.05) is 13.0 Å². The van der Waals surface area contributed by atoms with Crippen molar-refractivity contribution >= 4 is 21.8 Å². The van der Waals surface area contributed by atoms with E-state index in [0.717, 1.165) is 33.0 Å². The molecule has 126 valence electrons. The van der Waals surface area contributed by atoms with Crippen molar-refractivity contribution in [1.29, 1.82) is 0 Å². The molecular formula is C18H16N4O3. The number of ether oxygens (including phenoxy) is 2. The number of hydrogen-bond acceptors (Lipinski definition) is 5. The normalized spacial score (nSPS) is 11.2. The van der Waals surface area contributed by atoms with Crippen LogP contribution in [0.25, 0.3) is 33.1 Å². The second-order valence-corrected chi connectivity index (χ2v) is 5.69. The number of aryl methyl sites for hydroxylation is 1. The minimum atomic E-state index is -0.161. The minimum absolute atomic E-state index is 0.161. The molecule has 0 bridgehead atoms. The Hall–Kier alpha value is -3.35. The highest BCUT2D eigenvalue weighted by Gasteiger charge is 2.19. The van der Waals surface area contributed by atoms with Crippen LogP contribution in [0.1, 0.15) is 5.56 Å². The van der Waals surface area contributed by atoms with Crippen molar-refractivity contribution in [3.05, 3.63) is 46.5 Å². The summed E-state index contributed by atoms with van der Waals surface area (Å²) in [5.41, 5.74) is 2.98. The number of nitrogens with one attached hydrogen (secondary N) is 2. The SMILES string of the molecule is COc1cc2c(-c3ccc(=O)[nH]c3)nc3[nH]ncc3c2c(C)c1OC. The van der Waals surface area contributed by atoms with E-state index in [1.54, 1.807) is 32.7 Å². The standard InChI is InChI=1S/C18H16N4O3/c1-9-15-11(6-13(24-2)17(9)25-3)16(10-4-5-14(23)19-7-10)21-18-12(15)8-20-22-18/h4-8H,1-3H3,(H,19,23)(H,20,21,22). The Kier molecular flexibility index (Phi) is 3.42. The highest BCUT2D eigenvalue weighted by atomic mass is 16.5. The Bertz CT molecular complexity index is 1140. The lowest BCUT2D eigenvalue weighted by atomic mass is 9.98. The van der Waals surface area contributed by atoms with Gasteiger partial charge in [-0.05, 0) is 19.1 Å². The molecule has 0 fully saturated rings. The number of rotatable bonds is 3. The zero-order valence-electron chi connectivity index (χ0n) is 14.0. The maximum atomic E-state index is 11.4. The molecule has 0 amide bonds. The molecule has 0 atom stereocenters. The van der Waals surface area contributed by atoms with Crippen LogP contribution in [0, 0.1) is 6.92 Å². The number of methoxy groups -OCH3 is 2.